The van der Waals surface area contributed by atoms with E-state index in [1.807, 2.05) is 44.6 Å². The highest BCUT2D eigenvalue weighted by Gasteiger charge is 2.27. The highest BCUT2D eigenvalue weighted by Crippen LogP contribution is 2.34. The Balaban J connectivity index is 1.40. The topological polar surface area (TPSA) is 107 Å². The van der Waals surface area contributed by atoms with Crippen LogP contribution in [0.3, 0.4) is 0 Å². The number of halogens is 2. The molecular weight excluding hydrogens is 527 g/mol. The summed E-state index contributed by atoms with van der Waals surface area (Å²) in [5, 5.41) is 20.1. The number of aliphatic hydroxyl groups excluding tert-OH is 1. The third-order valence-corrected chi connectivity index (χ3v) is 6.74. The van der Waals surface area contributed by atoms with Gasteiger partial charge in [0.25, 0.3) is 0 Å². The normalized spacial score (nSPS) is 14.7. The molecule has 4 aromatic rings. The number of carbonyl (C=O) groups excluding carboxylic acids is 1. The number of carbonyl (C=O) groups is 1. The number of aliphatic hydroxyl groups is 1. The quantitative estimate of drug-likeness (QED) is 0.383. The van der Waals surface area contributed by atoms with Gasteiger partial charge < -0.3 is 19.5 Å². The molecule has 206 valence electrons. The molecule has 5 heterocycles. The summed E-state index contributed by atoms with van der Waals surface area (Å²) in [6.45, 7) is 8.98. The fourth-order valence-corrected chi connectivity index (χ4v) is 4.79. The van der Waals surface area contributed by atoms with Gasteiger partial charge in [-0.1, -0.05) is 11.6 Å². The van der Waals surface area contributed by atoms with Gasteiger partial charge in [-0.25, -0.2) is 13.7 Å². The summed E-state index contributed by atoms with van der Waals surface area (Å²) in [7, 11) is 0. The zero-order chi connectivity index (χ0) is 27.9. The Morgan fingerprint density at radius 2 is 2.03 bits per heavy atom. The Labute approximate surface area is 229 Å². The number of hydrogen-bond acceptors (Lipinski definition) is 7. The molecule has 1 amide bonds. The summed E-state index contributed by atoms with van der Waals surface area (Å²) in [5.74, 6) is -0.0754. The number of hydrogen-bond donors (Lipinski definition) is 1. The van der Waals surface area contributed by atoms with Crippen LogP contribution in [0.1, 0.15) is 43.8 Å². The number of amides is 1. The van der Waals surface area contributed by atoms with E-state index in [-0.39, 0.29) is 18.4 Å². The van der Waals surface area contributed by atoms with Gasteiger partial charge in [0.15, 0.2) is 0 Å². The van der Waals surface area contributed by atoms with Crippen LogP contribution in [0, 0.1) is 12.7 Å². The monoisotopic (exact) mass is 556 g/mol. The highest BCUT2D eigenvalue weighted by atomic mass is 35.5. The number of aromatic nitrogens is 5. The third-order valence-electron chi connectivity index (χ3n) is 6.47. The second-order valence-corrected chi connectivity index (χ2v) is 10.9. The lowest BCUT2D eigenvalue weighted by Gasteiger charge is -2.26. The van der Waals surface area contributed by atoms with Crippen molar-refractivity contribution in [1.82, 2.24) is 29.3 Å². The molecule has 39 heavy (non-hydrogen) atoms. The zero-order valence-electron chi connectivity index (χ0n) is 22.2. The predicted molar refractivity (Wildman–Crippen MR) is 142 cm³/mol. The van der Waals surface area contributed by atoms with Crippen LogP contribution in [-0.2, 0) is 17.7 Å². The largest absolute Gasteiger partial charge is 0.488 e. The second-order valence-electron chi connectivity index (χ2n) is 10.5. The lowest BCUT2D eigenvalue weighted by Crippen LogP contribution is -2.38. The van der Waals surface area contributed by atoms with Crippen LogP contribution >= 0.6 is 11.6 Å². The van der Waals surface area contributed by atoms with E-state index in [4.69, 9.17) is 26.2 Å². The molecule has 5 rings (SSSR count). The minimum atomic E-state index is -1.07. The Morgan fingerprint density at radius 3 is 2.74 bits per heavy atom. The average molecular weight is 557 g/mol. The molecule has 0 aliphatic carbocycles. The Morgan fingerprint density at radius 1 is 1.23 bits per heavy atom. The van der Waals surface area contributed by atoms with Crippen LogP contribution in [0.25, 0.3) is 16.8 Å². The molecule has 4 aromatic heterocycles. The van der Waals surface area contributed by atoms with Crippen molar-refractivity contribution in [3.8, 4) is 17.0 Å². The summed E-state index contributed by atoms with van der Waals surface area (Å²) in [4.78, 5) is 18.2. The maximum Gasteiger partial charge on any atom is 0.410 e. The molecule has 0 spiro atoms. The van der Waals surface area contributed by atoms with Gasteiger partial charge in [0.05, 0.1) is 35.3 Å². The van der Waals surface area contributed by atoms with Crippen molar-refractivity contribution in [3.63, 3.8) is 0 Å². The van der Waals surface area contributed by atoms with Crippen molar-refractivity contribution < 1.29 is 23.8 Å². The Kier molecular flexibility index (Phi) is 7.21. The molecule has 1 atom stereocenters. The maximum atomic E-state index is 13.2. The third kappa shape index (κ3) is 5.69. The zero-order valence-corrected chi connectivity index (χ0v) is 22.9. The maximum absolute atomic E-state index is 13.2. The number of rotatable bonds is 5. The van der Waals surface area contributed by atoms with E-state index in [1.165, 1.54) is 18.3 Å². The van der Waals surface area contributed by atoms with Crippen LogP contribution in [-0.4, -0.2) is 65.8 Å². The smallest absolute Gasteiger partial charge is 0.410 e. The van der Waals surface area contributed by atoms with Crippen LogP contribution in [0.5, 0.6) is 5.75 Å². The molecular formula is C27H30ClFN6O4. The van der Waals surface area contributed by atoms with Gasteiger partial charge in [-0.3, -0.25) is 9.67 Å². The van der Waals surface area contributed by atoms with Gasteiger partial charge in [-0.05, 0) is 51.5 Å². The number of fused-ring (bicyclic) bond motifs is 2. The van der Waals surface area contributed by atoms with E-state index in [0.717, 1.165) is 28.7 Å². The molecule has 0 radical (unpaired) electrons. The molecule has 1 N–H and O–H groups in total. The number of pyridine rings is 2. The molecule has 0 fully saturated rings. The van der Waals surface area contributed by atoms with Crippen molar-refractivity contribution in [2.75, 3.05) is 19.7 Å². The molecule has 0 saturated carbocycles. The van der Waals surface area contributed by atoms with Crippen LogP contribution in [0.4, 0.5) is 9.18 Å². The molecule has 1 unspecified atom stereocenters. The number of nitrogens with zero attached hydrogens (tertiary/aromatic N) is 6. The second kappa shape index (κ2) is 10.5. The molecule has 1 aliphatic rings. The fourth-order valence-electron chi connectivity index (χ4n) is 4.57. The van der Waals surface area contributed by atoms with Gasteiger partial charge in [0, 0.05) is 37.0 Å². The molecule has 0 aromatic carbocycles. The SMILES string of the molecule is Cc1c(-c2cc(OCC(O)c3ccc(F)cn3)c3c(Cl)cnn3c2)nn2c1CCN(C(=O)OC(C)(C)C)CC2. The van der Waals surface area contributed by atoms with E-state index in [0.29, 0.717) is 42.3 Å². The van der Waals surface area contributed by atoms with Gasteiger partial charge >= 0.3 is 6.09 Å². The first-order chi connectivity index (χ1) is 18.5. The summed E-state index contributed by atoms with van der Waals surface area (Å²) >= 11 is 6.39. The van der Waals surface area contributed by atoms with Gasteiger partial charge in [0.1, 0.15) is 35.4 Å². The average Bonchev–Trinajstić information content (AvgIpc) is 3.31. The van der Waals surface area contributed by atoms with Gasteiger partial charge in [-0.2, -0.15) is 10.2 Å². The standard InChI is InChI=1S/C27H30ClFN6O4/c1-16-21-7-8-33(26(37)39-27(2,3)4)9-10-34(21)32-24(16)17-11-23(25-19(28)13-31-35(25)14-17)38-15-22(36)20-6-5-18(29)12-30-20/h5-6,11-14,22,36H,7-10,15H2,1-4H3. The first kappa shape index (κ1) is 26.9. The molecule has 0 saturated heterocycles. The van der Waals surface area contributed by atoms with Crippen LogP contribution in [0.2, 0.25) is 5.02 Å². The lowest BCUT2D eigenvalue weighted by atomic mass is 10.1. The predicted octanol–water partition coefficient (Wildman–Crippen LogP) is 4.60. The highest BCUT2D eigenvalue weighted by molar-refractivity contribution is 6.34. The van der Waals surface area contributed by atoms with E-state index in [1.54, 1.807) is 9.42 Å². The van der Waals surface area contributed by atoms with Crippen LogP contribution in [0.15, 0.2) is 36.8 Å². The van der Waals surface area contributed by atoms with Crippen molar-refractivity contribution >= 4 is 23.2 Å². The van der Waals surface area contributed by atoms with Crippen LogP contribution < -0.4 is 4.74 Å². The summed E-state index contributed by atoms with van der Waals surface area (Å²) in [6, 6.07) is 4.46. The molecule has 0 bridgehead atoms. The van der Waals surface area contributed by atoms with E-state index >= 15 is 0 Å². The first-order valence-electron chi connectivity index (χ1n) is 12.6. The first-order valence-corrected chi connectivity index (χ1v) is 13.0. The van der Waals surface area contributed by atoms with E-state index in [2.05, 4.69) is 10.1 Å². The molecule has 12 heteroatoms. The Bertz CT molecular complexity index is 1510. The van der Waals surface area contributed by atoms with Crippen molar-refractivity contribution in [2.45, 2.75) is 52.4 Å². The minimum Gasteiger partial charge on any atom is -0.488 e. The van der Waals surface area contributed by atoms with E-state index in [9.17, 15) is 14.3 Å². The van der Waals surface area contributed by atoms with Crippen molar-refractivity contribution in [2.24, 2.45) is 0 Å². The Hall–Kier alpha value is -3.70. The summed E-state index contributed by atoms with van der Waals surface area (Å²) in [6.07, 6.45) is 3.62. The molecule has 10 nitrogen and oxygen atoms in total. The summed E-state index contributed by atoms with van der Waals surface area (Å²) in [5.41, 5.74) is 3.82. The van der Waals surface area contributed by atoms with Gasteiger partial charge in [-0.15, -0.1) is 0 Å². The lowest BCUT2D eigenvalue weighted by molar-refractivity contribution is 0.0253. The number of ether oxygens (including phenoxy) is 2. The fraction of sp³-hybridized carbons (Fsp3) is 0.407. The minimum absolute atomic E-state index is 0.127. The van der Waals surface area contributed by atoms with Crippen molar-refractivity contribution in [3.05, 3.63) is 64.6 Å². The van der Waals surface area contributed by atoms with Gasteiger partial charge in [0.2, 0.25) is 0 Å². The van der Waals surface area contributed by atoms with E-state index < -0.39 is 17.5 Å². The van der Waals surface area contributed by atoms with Crippen molar-refractivity contribution in [1.29, 1.82) is 0 Å². The summed E-state index contributed by atoms with van der Waals surface area (Å²) < 4.78 is 28.3. The molecule has 1 aliphatic heterocycles.